The summed E-state index contributed by atoms with van der Waals surface area (Å²) in [6.07, 6.45) is 0. The lowest BCUT2D eigenvalue weighted by Crippen LogP contribution is -2.13. The third-order valence-electron chi connectivity index (χ3n) is 2.59. The highest BCUT2D eigenvalue weighted by molar-refractivity contribution is 9.10. The van der Waals surface area contributed by atoms with Crippen molar-refractivity contribution in [1.29, 1.82) is 0 Å². The number of carbonyl (C=O) groups is 2. The van der Waals surface area contributed by atoms with E-state index < -0.39 is 11.9 Å². The Morgan fingerprint density at radius 2 is 1.71 bits per heavy atom. The SMILES string of the molecule is O=C(O)c1cc(Br)cc(NC(=O)c2c(Cl)cccc2Cl)c1. The van der Waals surface area contributed by atoms with Gasteiger partial charge < -0.3 is 10.4 Å². The van der Waals surface area contributed by atoms with Gasteiger partial charge in [-0.1, -0.05) is 45.2 Å². The summed E-state index contributed by atoms with van der Waals surface area (Å²) in [5.41, 5.74) is 0.505. The zero-order valence-corrected chi connectivity index (χ0v) is 13.5. The highest BCUT2D eigenvalue weighted by Gasteiger charge is 2.15. The fourth-order valence-corrected chi connectivity index (χ4v) is 2.76. The lowest BCUT2D eigenvalue weighted by Gasteiger charge is -2.09. The lowest BCUT2D eigenvalue weighted by molar-refractivity contribution is 0.0696. The van der Waals surface area contributed by atoms with Crippen LogP contribution in [0.25, 0.3) is 0 Å². The van der Waals surface area contributed by atoms with E-state index in [4.69, 9.17) is 28.3 Å². The summed E-state index contributed by atoms with van der Waals surface area (Å²) in [4.78, 5) is 23.2. The molecule has 0 heterocycles. The molecule has 108 valence electrons. The second-order valence-corrected chi connectivity index (χ2v) is 5.81. The Labute approximate surface area is 138 Å². The Morgan fingerprint density at radius 1 is 1.10 bits per heavy atom. The number of carboxylic acids is 1. The van der Waals surface area contributed by atoms with Crippen LogP contribution >= 0.6 is 39.1 Å². The third kappa shape index (κ3) is 3.75. The normalized spacial score (nSPS) is 10.2. The lowest BCUT2D eigenvalue weighted by atomic mass is 10.1. The van der Waals surface area contributed by atoms with Crippen molar-refractivity contribution in [2.45, 2.75) is 0 Å². The summed E-state index contributed by atoms with van der Waals surface area (Å²) >= 11 is 15.1. The molecule has 0 atom stereocenters. The average Bonchev–Trinajstić information content (AvgIpc) is 2.37. The minimum absolute atomic E-state index is 0.0462. The van der Waals surface area contributed by atoms with E-state index in [1.165, 1.54) is 12.1 Å². The van der Waals surface area contributed by atoms with Gasteiger partial charge >= 0.3 is 5.97 Å². The van der Waals surface area contributed by atoms with Crippen molar-refractivity contribution in [3.63, 3.8) is 0 Å². The Hall–Kier alpha value is -1.56. The third-order valence-corrected chi connectivity index (χ3v) is 3.68. The van der Waals surface area contributed by atoms with Crippen molar-refractivity contribution < 1.29 is 14.7 Å². The van der Waals surface area contributed by atoms with Gasteiger partial charge in [-0.3, -0.25) is 4.79 Å². The minimum Gasteiger partial charge on any atom is -0.478 e. The maximum Gasteiger partial charge on any atom is 0.335 e. The Balaban J connectivity index is 2.34. The maximum atomic E-state index is 12.2. The Bertz CT molecular complexity index is 714. The van der Waals surface area contributed by atoms with E-state index in [-0.39, 0.29) is 21.2 Å². The number of halogens is 3. The molecule has 0 spiro atoms. The van der Waals surface area contributed by atoms with E-state index in [2.05, 4.69) is 21.2 Å². The summed E-state index contributed by atoms with van der Waals surface area (Å²) in [5.74, 6) is -1.61. The zero-order valence-electron chi connectivity index (χ0n) is 10.4. The second kappa shape index (κ2) is 6.47. The molecule has 0 radical (unpaired) electrons. The summed E-state index contributed by atoms with van der Waals surface area (Å²) in [6, 6.07) is 9.08. The molecule has 7 heteroatoms. The fraction of sp³-hybridized carbons (Fsp3) is 0. The van der Waals surface area contributed by atoms with Crippen molar-refractivity contribution in [3.05, 3.63) is 62.0 Å². The number of carboxylic acid groups (broad SMARTS) is 1. The molecule has 2 aromatic carbocycles. The highest BCUT2D eigenvalue weighted by atomic mass is 79.9. The van der Waals surface area contributed by atoms with Crippen LogP contribution < -0.4 is 5.32 Å². The topological polar surface area (TPSA) is 66.4 Å². The van der Waals surface area contributed by atoms with Crippen LogP contribution in [-0.4, -0.2) is 17.0 Å². The van der Waals surface area contributed by atoms with E-state index in [1.807, 2.05) is 0 Å². The number of rotatable bonds is 3. The van der Waals surface area contributed by atoms with E-state index in [1.54, 1.807) is 24.3 Å². The highest BCUT2D eigenvalue weighted by Crippen LogP contribution is 2.26. The first-order chi connectivity index (χ1) is 9.88. The van der Waals surface area contributed by atoms with Gasteiger partial charge in [0.1, 0.15) is 0 Å². The predicted molar refractivity (Wildman–Crippen MR) is 85.5 cm³/mol. The largest absolute Gasteiger partial charge is 0.478 e. The van der Waals surface area contributed by atoms with E-state index in [0.717, 1.165) is 0 Å². The number of nitrogens with one attached hydrogen (secondary N) is 1. The monoisotopic (exact) mass is 387 g/mol. The van der Waals surface area contributed by atoms with Gasteiger partial charge in [0, 0.05) is 10.2 Å². The summed E-state index contributed by atoms with van der Waals surface area (Å²) < 4.78 is 0.531. The van der Waals surface area contributed by atoms with Crippen LogP contribution in [0.3, 0.4) is 0 Å². The molecule has 0 aliphatic carbocycles. The van der Waals surface area contributed by atoms with Crippen LogP contribution in [0.1, 0.15) is 20.7 Å². The first-order valence-corrected chi connectivity index (χ1v) is 7.22. The molecule has 0 aromatic heterocycles. The van der Waals surface area contributed by atoms with Gasteiger partial charge in [-0.25, -0.2) is 4.79 Å². The zero-order chi connectivity index (χ0) is 15.6. The number of aromatic carboxylic acids is 1. The number of hydrogen-bond donors (Lipinski definition) is 2. The maximum absolute atomic E-state index is 12.2. The molecule has 0 saturated heterocycles. The van der Waals surface area contributed by atoms with Crippen LogP contribution in [0.4, 0.5) is 5.69 Å². The van der Waals surface area contributed by atoms with Crippen molar-refractivity contribution in [1.82, 2.24) is 0 Å². The van der Waals surface area contributed by atoms with Crippen molar-refractivity contribution in [2.24, 2.45) is 0 Å². The molecule has 0 fully saturated rings. The standard InChI is InChI=1S/C14H8BrCl2NO3/c15-8-4-7(14(20)21)5-9(6-8)18-13(19)12-10(16)2-1-3-11(12)17/h1-6H,(H,18,19)(H,20,21). The Kier molecular flexibility index (Phi) is 4.88. The minimum atomic E-state index is -1.09. The average molecular weight is 389 g/mol. The molecule has 0 saturated carbocycles. The molecule has 2 rings (SSSR count). The van der Waals surface area contributed by atoms with E-state index >= 15 is 0 Å². The molecule has 2 aromatic rings. The molecule has 4 nitrogen and oxygen atoms in total. The molecule has 0 aliphatic heterocycles. The van der Waals surface area contributed by atoms with Gasteiger partial charge in [0.05, 0.1) is 21.2 Å². The van der Waals surface area contributed by atoms with Crippen molar-refractivity contribution in [2.75, 3.05) is 5.32 Å². The first kappa shape index (κ1) is 15.8. The quantitative estimate of drug-likeness (QED) is 0.800. The van der Waals surface area contributed by atoms with Gasteiger partial charge in [0.25, 0.3) is 5.91 Å². The van der Waals surface area contributed by atoms with Gasteiger partial charge in [-0.15, -0.1) is 0 Å². The summed E-state index contributed by atoms with van der Waals surface area (Å²) in [5, 5.41) is 12.0. The smallest absolute Gasteiger partial charge is 0.335 e. The number of hydrogen-bond acceptors (Lipinski definition) is 2. The molecule has 21 heavy (non-hydrogen) atoms. The number of amides is 1. The summed E-state index contributed by atoms with van der Waals surface area (Å²) in [6.45, 7) is 0. The van der Waals surface area contributed by atoms with Crippen LogP contribution in [0.15, 0.2) is 40.9 Å². The fourth-order valence-electron chi connectivity index (χ4n) is 1.69. The first-order valence-electron chi connectivity index (χ1n) is 5.67. The Morgan fingerprint density at radius 3 is 2.29 bits per heavy atom. The molecular formula is C14H8BrCl2NO3. The molecular weight excluding hydrogens is 381 g/mol. The van der Waals surface area contributed by atoms with Gasteiger partial charge in [-0.2, -0.15) is 0 Å². The number of benzene rings is 2. The molecule has 0 aliphatic rings. The molecule has 0 unspecified atom stereocenters. The van der Waals surface area contributed by atoms with E-state index in [0.29, 0.717) is 10.2 Å². The van der Waals surface area contributed by atoms with Gasteiger partial charge in [0.2, 0.25) is 0 Å². The number of anilines is 1. The van der Waals surface area contributed by atoms with Crippen LogP contribution in [-0.2, 0) is 0 Å². The summed E-state index contributed by atoms with van der Waals surface area (Å²) in [7, 11) is 0. The van der Waals surface area contributed by atoms with Crippen LogP contribution in [0.2, 0.25) is 10.0 Å². The van der Waals surface area contributed by atoms with E-state index in [9.17, 15) is 9.59 Å². The van der Waals surface area contributed by atoms with Gasteiger partial charge in [-0.05, 0) is 30.3 Å². The molecule has 1 amide bonds. The second-order valence-electron chi connectivity index (χ2n) is 4.08. The van der Waals surface area contributed by atoms with Gasteiger partial charge in [0.15, 0.2) is 0 Å². The van der Waals surface area contributed by atoms with Crippen LogP contribution in [0.5, 0.6) is 0 Å². The van der Waals surface area contributed by atoms with Crippen molar-refractivity contribution >= 4 is 56.7 Å². The van der Waals surface area contributed by atoms with Crippen LogP contribution in [0, 0.1) is 0 Å². The molecule has 2 N–H and O–H groups in total. The number of carbonyl (C=O) groups excluding carboxylic acids is 1. The van der Waals surface area contributed by atoms with Crippen molar-refractivity contribution in [3.8, 4) is 0 Å². The molecule has 0 bridgehead atoms. The predicted octanol–water partition coefficient (Wildman–Crippen LogP) is 4.71.